The van der Waals surface area contributed by atoms with Crippen molar-refractivity contribution in [3.05, 3.63) is 11.5 Å². The fraction of sp³-hybridized carbons (Fsp3) is 0.429. The topological polar surface area (TPSA) is 58.0 Å². The van der Waals surface area contributed by atoms with Gasteiger partial charge in [-0.2, -0.15) is 0 Å². The third kappa shape index (κ3) is 3.00. The molecule has 0 aliphatic rings. The van der Waals surface area contributed by atoms with Gasteiger partial charge in [0.2, 0.25) is 0 Å². The van der Waals surface area contributed by atoms with Crippen LogP contribution in [0.15, 0.2) is 6.33 Å². The maximum atomic E-state index is 9.38. The molecule has 1 aromatic heterocycles. The molecule has 0 radical (unpaired) electrons. The van der Waals surface area contributed by atoms with Crippen molar-refractivity contribution >= 4 is 33.3 Å². The molecule has 0 unspecified atom stereocenters. The van der Waals surface area contributed by atoms with Gasteiger partial charge >= 0.3 is 0 Å². The second kappa shape index (κ2) is 4.62. The number of alkyl halides is 1. The molecule has 0 saturated carbocycles. The highest BCUT2D eigenvalue weighted by Crippen LogP contribution is 2.26. The Labute approximate surface area is 89.5 Å². The predicted octanol–water partition coefficient (Wildman–Crippen LogP) is 2.03. The third-order valence-electron chi connectivity index (χ3n) is 1.33. The van der Waals surface area contributed by atoms with Crippen LogP contribution in [0, 0.1) is 0 Å². The Morgan fingerprint density at radius 1 is 1.69 bits per heavy atom. The molecule has 0 saturated heterocycles. The van der Waals surface area contributed by atoms with E-state index in [0.29, 0.717) is 17.2 Å². The molecule has 13 heavy (non-hydrogen) atoms. The number of hydrogen-bond donors (Lipinski definition) is 2. The van der Waals surface area contributed by atoms with Crippen molar-refractivity contribution in [2.24, 2.45) is 0 Å². The summed E-state index contributed by atoms with van der Waals surface area (Å²) in [5, 5.41) is 12.4. The molecule has 1 rings (SSSR count). The average Bonchev–Trinajstić information content (AvgIpc) is 2.07. The van der Waals surface area contributed by atoms with Crippen LogP contribution in [0.1, 0.15) is 6.92 Å². The molecule has 1 aromatic rings. The predicted molar refractivity (Wildman–Crippen MR) is 55.6 cm³/mol. The lowest BCUT2D eigenvalue weighted by Gasteiger charge is -2.08. The lowest BCUT2D eigenvalue weighted by atomic mass is 10.4. The Balaban J connectivity index is 2.71. The van der Waals surface area contributed by atoms with Crippen molar-refractivity contribution in [2.75, 3.05) is 11.9 Å². The second-order valence-electron chi connectivity index (χ2n) is 2.52. The number of anilines is 1. The van der Waals surface area contributed by atoms with Gasteiger partial charge in [0.05, 0.1) is 0 Å². The van der Waals surface area contributed by atoms with Gasteiger partial charge in [0.1, 0.15) is 6.33 Å². The lowest BCUT2D eigenvalue weighted by molar-refractivity contribution is 0.472. The van der Waals surface area contributed by atoms with E-state index in [1.807, 2.05) is 6.92 Å². The van der Waals surface area contributed by atoms with E-state index in [-0.39, 0.29) is 10.9 Å². The lowest BCUT2D eigenvalue weighted by Crippen LogP contribution is -2.11. The van der Waals surface area contributed by atoms with Gasteiger partial charge in [-0.05, 0) is 0 Å². The first-order valence-electron chi connectivity index (χ1n) is 3.68. The number of nitrogens with one attached hydrogen (secondary N) is 1. The molecule has 0 amide bonds. The summed E-state index contributed by atoms with van der Waals surface area (Å²) in [7, 11) is 0. The molecule has 0 bridgehead atoms. The highest BCUT2D eigenvalue weighted by molar-refractivity contribution is 9.09. The first-order chi connectivity index (χ1) is 6.11. The maximum Gasteiger partial charge on any atom is 0.196 e. The van der Waals surface area contributed by atoms with E-state index in [0.717, 1.165) is 0 Å². The van der Waals surface area contributed by atoms with Crippen molar-refractivity contribution < 1.29 is 5.11 Å². The van der Waals surface area contributed by atoms with Gasteiger partial charge in [-0.15, -0.1) is 0 Å². The minimum atomic E-state index is -0.114. The van der Waals surface area contributed by atoms with E-state index in [2.05, 4.69) is 31.2 Å². The van der Waals surface area contributed by atoms with Crippen LogP contribution in [-0.2, 0) is 0 Å². The Hall–Kier alpha value is -0.550. The minimum absolute atomic E-state index is 0.0553. The molecule has 0 aliphatic carbocycles. The number of hydrogen-bond acceptors (Lipinski definition) is 4. The van der Waals surface area contributed by atoms with Gasteiger partial charge < -0.3 is 10.4 Å². The summed E-state index contributed by atoms with van der Waals surface area (Å²) < 4.78 is 0. The van der Waals surface area contributed by atoms with Crippen molar-refractivity contribution in [2.45, 2.75) is 11.8 Å². The van der Waals surface area contributed by atoms with Crippen LogP contribution < -0.4 is 5.32 Å². The average molecular weight is 267 g/mol. The standard InChI is InChI=1S/C7H9BrClN3O/c1-4(8)2-10-7-5(13)6(9)11-3-12-7/h3-4,13H,2H2,1H3,(H,10,11,12)/t4-/m0/s1. The molecule has 0 fully saturated rings. The van der Waals surface area contributed by atoms with Gasteiger partial charge in [0, 0.05) is 11.4 Å². The molecule has 4 nitrogen and oxygen atoms in total. The monoisotopic (exact) mass is 265 g/mol. The van der Waals surface area contributed by atoms with Crippen LogP contribution in [-0.4, -0.2) is 26.4 Å². The van der Waals surface area contributed by atoms with Crippen LogP contribution in [0.25, 0.3) is 0 Å². The van der Waals surface area contributed by atoms with E-state index in [4.69, 9.17) is 11.6 Å². The fourth-order valence-electron chi connectivity index (χ4n) is 0.724. The van der Waals surface area contributed by atoms with Crippen LogP contribution in [0.2, 0.25) is 5.15 Å². The fourth-order valence-corrected chi connectivity index (χ4v) is 1.02. The Morgan fingerprint density at radius 3 is 3.00 bits per heavy atom. The van der Waals surface area contributed by atoms with Gasteiger partial charge in [-0.25, -0.2) is 9.97 Å². The number of halogens is 2. The molecule has 0 spiro atoms. The maximum absolute atomic E-state index is 9.38. The number of aromatic hydroxyl groups is 1. The summed E-state index contributed by atoms with van der Waals surface area (Å²) in [6.07, 6.45) is 1.29. The quantitative estimate of drug-likeness (QED) is 0.649. The van der Waals surface area contributed by atoms with Crippen LogP contribution >= 0.6 is 27.5 Å². The Bertz CT molecular complexity index is 295. The van der Waals surface area contributed by atoms with Crippen molar-refractivity contribution in [1.29, 1.82) is 0 Å². The SMILES string of the molecule is C[C@H](Br)CNc1ncnc(Cl)c1O. The van der Waals surface area contributed by atoms with E-state index in [1.54, 1.807) is 0 Å². The number of nitrogens with zero attached hydrogens (tertiary/aromatic N) is 2. The number of rotatable bonds is 3. The highest BCUT2D eigenvalue weighted by Gasteiger charge is 2.07. The molecule has 6 heteroatoms. The zero-order valence-electron chi connectivity index (χ0n) is 6.96. The summed E-state index contributed by atoms with van der Waals surface area (Å²) >= 11 is 8.93. The zero-order chi connectivity index (χ0) is 9.84. The molecule has 1 heterocycles. The van der Waals surface area contributed by atoms with Gasteiger partial charge in [0.25, 0.3) is 0 Å². The Kier molecular flexibility index (Phi) is 3.74. The third-order valence-corrected chi connectivity index (χ3v) is 1.93. The summed E-state index contributed by atoms with van der Waals surface area (Å²) in [6.45, 7) is 2.63. The molecule has 1 atom stereocenters. The smallest absolute Gasteiger partial charge is 0.196 e. The van der Waals surface area contributed by atoms with E-state index < -0.39 is 0 Å². The minimum Gasteiger partial charge on any atom is -0.502 e. The van der Waals surface area contributed by atoms with Crippen LogP contribution in [0.5, 0.6) is 5.75 Å². The first-order valence-corrected chi connectivity index (χ1v) is 4.98. The van der Waals surface area contributed by atoms with E-state index >= 15 is 0 Å². The van der Waals surface area contributed by atoms with E-state index in [1.165, 1.54) is 6.33 Å². The summed E-state index contributed by atoms with van der Waals surface area (Å²) in [5.41, 5.74) is 0. The number of aromatic nitrogens is 2. The largest absolute Gasteiger partial charge is 0.502 e. The normalized spacial score (nSPS) is 12.5. The molecule has 72 valence electrons. The van der Waals surface area contributed by atoms with Gasteiger partial charge in [-0.1, -0.05) is 34.5 Å². The van der Waals surface area contributed by atoms with Crippen LogP contribution in [0.4, 0.5) is 5.82 Å². The molecular formula is C7H9BrClN3O. The molecule has 2 N–H and O–H groups in total. The Morgan fingerprint density at radius 2 is 2.38 bits per heavy atom. The van der Waals surface area contributed by atoms with Crippen molar-refractivity contribution in [3.8, 4) is 5.75 Å². The van der Waals surface area contributed by atoms with E-state index in [9.17, 15) is 5.11 Å². The molecular weight excluding hydrogens is 257 g/mol. The summed E-state index contributed by atoms with van der Waals surface area (Å²) in [6, 6.07) is 0. The zero-order valence-corrected chi connectivity index (χ0v) is 9.30. The van der Waals surface area contributed by atoms with Crippen LogP contribution in [0.3, 0.4) is 0 Å². The van der Waals surface area contributed by atoms with Crippen molar-refractivity contribution in [1.82, 2.24) is 9.97 Å². The molecule has 0 aromatic carbocycles. The van der Waals surface area contributed by atoms with Gasteiger partial charge in [0.15, 0.2) is 16.7 Å². The first kappa shape index (κ1) is 10.5. The van der Waals surface area contributed by atoms with Crippen molar-refractivity contribution in [3.63, 3.8) is 0 Å². The second-order valence-corrected chi connectivity index (χ2v) is 4.44. The highest BCUT2D eigenvalue weighted by atomic mass is 79.9. The summed E-state index contributed by atoms with van der Waals surface area (Å²) in [5.74, 6) is 0.239. The summed E-state index contributed by atoms with van der Waals surface area (Å²) in [4.78, 5) is 7.74. The molecule has 0 aliphatic heterocycles. The van der Waals surface area contributed by atoms with Gasteiger partial charge in [-0.3, -0.25) is 0 Å².